The molecule has 0 aromatic heterocycles. The van der Waals surface area contributed by atoms with Crippen molar-refractivity contribution in [2.45, 2.75) is 46.7 Å². The predicted octanol–water partition coefficient (Wildman–Crippen LogP) is 3.54. The molecule has 1 aromatic carbocycles. The van der Waals surface area contributed by atoms with Gasteiger partial charge in [0.05, 0.1) is 6.61 Å². The van der Waals surface area contributed by atoms with Crippen molar-refractivity contribution in [2.75, 3.05) is 25.5 Å². The number of nitrogen functional groups attached to an aromatic ring is 1. The van der Waals surface area contributed by atoms with Crippen LogP contribution in [0.4, 0.5) is 5.69 Å². The summed E-state index contributed by atoms with van der Waals surface area (Å²) < 4.78 is 5.72. The highest BCUT2D eigenvalue weighted by Gasteiger charge is 2.10. The maximum Gasteiger partial charge on any atom is 0.0593 e. The van der Waals surface area contributed by atoms with Crippen LogP contribution < -0.4 is 5.73 Å². The summed E-state index contributed by atoms with van der Waals surface area (Å²) >= 11 is 0. The lowest BCUT2D eigenvalue weighted by Gasteiger charge is -2.26. The average Bonchev–Trinajstić information content (AvgIpc) is 2.38. The molecular formula is C17H30N2O. The molecule has 0 saturated heterocycles. The van der Waals surface area contributed by atoms with Gasteiger partial charge in [0.15, 0.2) is 0 Å². The molecule has 1 rings (SSSR count). The van der Waals surface area contributed by atoms with Crippen LogP contribution >= 0.6 is 0 Å². The third-order valence-electron chi connectivity index (χ3n) is 3.46. The van der Waals surface area contributed by atoms with Crippen molar-refractivity contribution in [3.8, 4) is 0 Å². The molecule has 0 spiro atoms. The topological polar surface area (TPSA) is 38.5 Å². The maximum atomic E-state index is 5.72. The molecule has 0 aliphatic rings. The molecule has 2 N–H and O–H groups in total. The smallest absolute Gasteiger partial charge is 0.0593 e. The van der Waals surface area contributed by atoms with Crippen molar-refractivity contribution in [3.63, 3.8) is 0 Å². The van der Waals surface area contributed by atoms with Gasteiger partial charge >= 0.3 is 0 Å². The van der Waals surface area contributed by atoms with E-state index in [-0.39, 0.29) is 0 Å². The molecule has 0 aliphatic carbocycles. The Morgan fingerprint density at radius 1 is 1.05 bits per heavy atom. The van der Waals surface area contributed by atoms with Crippen LogP contribution in [0.3, 0.4) is 0 Å². The largest absolute Gasteiger partial charge is 0.399 e. The van der Waals surface area contributed by atoms with Crippen LogP contribution in [-0.4, -0.2) is 30.7 Å². The number of anilines is 1. The molecule has 3 heteroatoms. The highest BCUT2D eigenvalue weighted by Crippen LogP contribution is 2.11. The summed E-state index contributed by atoms with van der Waals surface area (Å²) in [6.45, 7) is 12.5. The summed E-state index contributed by atoms with van der Waals surface area (Å²) in [5.74, 6) is 0.714. The molecule has 1 aromatic rings. The Kier molecular flexibility index (Phi) is 7.63. The highest BCUT2D eigenvalue weighted by molar-refractivity contribution is 5.39. The van der Waals surface area contributed by atoms with E-state index in [2.05, 4.69) is 44.7 Å². The summed E-state index contributed by atoms with van der Waals surface area (Å²) in [7, 11) is 0. The normalized spacial score (nSPS) is 11.8. The zero-order valence-corrected chi connectivity index (χ0v) is 13.4. The van der Waals surface area contributed by atoms with Crippen molar-refractivity contribution in [1.29, 1.82) is 0 Å². The number of nitrogens with two attached hydrogens (primary N) is 1. The lowest BCUT2D eigenvalue weighted by Crippen LogP contribution is -2.33. The Bertz CT molecular complexity index is 360. The van der Waals surface area contributed by atoms with Crippen molar-refractivity contribution >= 4 is 5.69 Å². The molecule has 3 nitrogen and oxygen atoms in total. The highest BCUT2D eigenvalue weighted by atomic mass is 16.5. The fourth-order valence-corrected chi connectivity index (χ4v) is 1.98. The van der Waals surface area contributed by atoms with Gasteiger partial charge in [0.25, 0.3) is 0 Å². The number of ether oxygens (including phenoxy) is 1. The van der Waals surface area contributed by atoms with Gasteiger partial charge in [0.1, 0.15) is 0 Å². The Morgan fingerprint density at radius 2 is 1.70 bits per heavy atom. The van der Waals surface area contributed by atoms with E-state index in [0.29, 0.717) is 12.0 Å². The zero-order chi connectivity index (χ0) is 15.0. The van der Waals surface area contributed by atoms with E-state index in [1.165, 1.54) is 5.56 Å². The first kappa shape index (κ1) is 17.0. The van der Waals surface area contributed by atoms with E-state index >= 15 is 0 Å². The standard InChI is InChI=1S/C17H30N2O/c1-14(2)9-11-20-12-10-19(15(3)4)13-16-5-7-17(18)8-6-16/h5-8,14-15H,9-13,18H2,1-4H3. The minimum atomic E-state index is 0.515. The van der Waals surface area contributed by atoms with Gasteiger partial charge in [0, 0.05) is 31.4 Å². The quantitative estimate of drug-likeness (QED) is 0.554. The van der Waals surface area contributed by atoms with Crippen LogP contribution in [0.1, 0.15) is 39.7 Å². The van der Waals surface area contributed by atoms with Gasteiger partial charge in [-0.05, 0) is 43.9 Å². The van der Waals surface area contributed by atoms with Crippen LogP contribution in [0.15, 0.2) is 24.3 Å². The average molecular weight is 278 g/mol. The fourth-order valence-electron chi connectivity index (χ4n) is 1.98. The molecule has 0 saturated carbocycles. The van der Waals surface area contributed by atoms with Gasteiger partial charge < -0.3 is 10.5 Å². The second-order valence-corrected chi connectivity index (χ2v) is 6.10. The van der Waals surface area contributed by atoms with Crippen LogP contribution in [0.5, 0.6) is 0 Å². The van der Waals surface area contributed by atoms with Gasteiger partial charge in [0.2, 0.25) is 0 Å². The Morgan fingerprint density at radius 3 is 2.25 bits per heavy atom. The predicted molar refractivity (Wildman–Crippen MR) is 86.7 cm³/mol. The van der Waals surface area contributed by atoms with Crippen LogP contribution in [0.25, 0.3) is 0 Å². The number of benzene rings is 1. The van der Waals surface area contributed by atoms with Gasteiger partial charge in [-0.25, -0.2) is 0 Å². The first-order chi connectivity index (χ1) is 9.49. The molecule has 0 amide bonds. The van der Waals surface area contributed by atoms with Crippen LogP contribution in [0.2, 0.25) is 0 Å². The van der Waals surface area contributed by atoms with E-state index in [9.17, 15) is 0 Å². The van der Waals surface area contributed by atoms with Crippen molar-refractivity contribution in [2.24, 2.45) is 5.92 Å². The van der Waals surface area contributed by atoms with Crippen molar-refractivity contribution < 1.29 is 4.74 Å². The van der Waals surface area contributed by atoms with E-state index < -0.39 is 0 Å². The van der Waals surface area contributed by atoms with Gasteiger partial charge in [-0.1, -0.05) is 26.0 Å². The second-order valence-electron chi connectivity index (χ2n) is 6.10. The minimum absolute atomic E-state index is 0.515. The molecule has 0 radical (unpaired) electrons. The number of nitrogens with zero attached hydrogens (tertiary/aromatic N) is 1. The zero-order valence-electron chi connectivity index (χ0n) is 13.4. The van der Waals surface area contributed by atoms with Crippen molar-refractivity contribution in [1.82, 2.24) is 4.90 Å². The summed E-state index contributed by atoms with van der Waals surface area (Å²) in [6, 6.07) is 8.65. The van der Waals surface area contributed by atoms with Crippen molar-refractivity contribution in [3.05, 3.63) is 29.8 Å². The number of hydrogen-bond donors (Lipinski definition) is 1. The lowest BCUT2D eigenvalue weighted by atomic mass is 10.1. The summed E-state index contributed by atoms with van der Waals surface area (Å²) in [6.07, 6.45) is 1.14. The van der Waals surface area contributed by atoms with Gasteiger partial charge in [-0.2, -0.15) is 0 Å². The molecule has 0 bridgehead atoms. The molecule has 0 heterocycles. The summed E-state index contributed by atoms with van der Waals surface area (Å²) in [5, 5.41) is 0. The number of hydrogen-bond acceptors (Lipinski definition) is 3. The van der Waals surface area contributed by atoms with Crippen LogP contribution in [-0.2, 0) is 11.3 Å². The van der Waals surface area contributed by atoms with E-state index in [1.54, 1.807) is 0 Å². The molecule has 0 fully saturated rings. The summed E-state index contributed by atoms with van der Waals surface area (Å²) in [5.41, 5.74) is 7.84. The maximum absolute atomic E-state index is 5.72. The Hall–Kier alpha value is -1.06. The number of rotatable bonds is 9. The van der Waals surface area contributed by atoms with E-state index in [4.69, 9.17) is 10.5 Å². The lowest BCUT2D eigenvalue weighted by molar-refractivity contribution is 0.0832. The van der Waals surface area contributed by atoms with Crippen LogP contribution in [0, 0.1) is 5.92 Å². The molecule has 0 atom stereocenters. The monoisotopic (exact) mass is 278 g/mol. The molecule has 20 heavy (non-hydrogen) atoms. The van der Waals surface area contributed by atoms with Gasteiger partial charge in [-0.15, -0.1) is 0 Å². The molecule has 0 aliphatic heterocycles. The third kappa shape index (κ3) is 6.92. The van der Waals surface area contributed by atoms with Gasteiger partial charge in [-0.3, -0.25) is 4.90 Å². The SMILES string of the molecule is CC(C)CCOCCN(Cc1ccc(N)cc1)C(C)C. The molecule has 114 valence electrons. The minimum Gasteiger partial charge on any atom is -0.399 e. The second kappa shape index (κ2) is 8.98. The Labute approximate surface area is 124 Å². The third-order valence-corrected chi connectivity index (χ3v) is 3.46. The first-order valence-corrected chi connectivity index (χ1v) is 7.65. The van der Waals surface area contributed by atoms with E-state index in [0.717, 1.165) is 38.4 Å². The molecular weight excluding hydrogens is 248 g/mol. The molecule has 0 unspecified atom stereocenters. The Balaban J connectivity index is 2.35. The fraction of sp³-hybridized carbons (Fsp3) is 0.647. The summed E-state index contributed by atoms with van der Waals surface area (Å²) in [4.78, 5) is 2.43. The first-order valence-electron chi connectivity index (χ1n) is 7.65. The van der Waals surface area contributed by atoms with E-state index in [1.807, 2.05) is 12.1 Å².